The highest BCUT2D eigenvalue weighted by Gasteiger charge is 2.50. The molecular formula is C16H21N3S. The van der Waals surface area contributed by atoms with Crippen molar-refractivity contribution in [2.24, 2.45) is 23.5 Å². The highest BCUT2D eigenvalue weighted by atomic mass is 32.1. The quantitative estimate of drug-likeness (QED) is 0.839. The van der Waals surface area contributed by atoms with Crippen molar-refractivity contribution >= 4 is 22.9 Å². The van der Waals surface area contributed by atoms with Gasteiger partial charge in [-0.15, -0.1) is 0 Å². The standard InChI is InChI=1S/C16H21N3S/c17-15(20)14-6-13(1-2-18-14)19-16-7-10-3-11(8-16)5-12(4-10)9-16/h1-2,6,10-12H,3-5,7-9H2,(H2,17,20)(H,18,19). The van der Waals surface area contributed by atoms with Crippen LogP contribution in [0.15, 0.2) is 18.3 Å². The van der Waals surface area contributed by atoms with Crippen LogP contribution in [0.2, 0.25) is 0 Å². The topological polar surface area (TPSA) is 50.9 Å². The first-order chi connectivity index (χ1) is 9.62. The molecule has 0 atom stereocenters. The van der Waals surface area contributed by atoms with E-state index in [2.05, 4.69) is 10.3 Å². The normalized spacial score (nSPS) is 37.9. The zero-order chi connectivity index (χ0) is 13.7. The first-order valence-electron chi connectivity index (χ1n) is 7.66. The number of anilines is 1. The zero-order valence-electron chi connectivity index (χ0n) is 11.6. The van der Waals surface area contributed by atoms with Crippen LogP contribution in [0.25, 0.3) is 0 Å². The van der Waals surface area contributed by atoms with Crippen LogP contribution < -0.4 is 11.1 Å². The number of pyridine rings is 1. The van der Waals surface area contributed by atoms with E-state index < -0.39 is 0 Å². The molecule has 1 aromatic heterocycles. The number of rotatable bonds is 3. The number of nitrogens with two attached hydrogens (primary N) is 1. The van der Waals surface area contributed by atoms with Gasteiger partial charge in [0.05, 0.1) is 5.69 Å². The number of nitrogens with one attached hydrogen (secondary N) is 1. The minimum absolute atomic E-state index is 0.323. The minimum Gasteiger partial charge on any atom is -0.388 e. The van der Waals surface area contributed by atoms with Gasteiger partial charge in [-0.25, -0.2) is 0 Å². The first kappa shape index (κ1) is 12.6. The second kappa shape index (κ2) is 4.42. The van der Waals surface area contributed by atoms with Crippen molar-refractivity contribution in [3.63, 3.8) is 0 Å². The molecule has 4 bridgehead atoms. The number of hydrogen-bond donors (Lipinski definition) is 2. The molecule has 4 saturated carbocycles. The molecule has 106 valence electrons. The van der Waals surface area contributed by atoms with Crippen molar-refractivity contribution in [2.45, 2.75) is 44.1 Å². The summed E-state index contributed by atoms with van der Waals surface area (Å²) in [6.07, 6.45) is 10.2. The monoisotopic (exact) mass is 287 g/mol. The lowest BCUT2D eigenvalue weighted by Crippen LogP contribution is -2.54. The molecule has 4 aliphatic carbocycles. The number of nitrogens with zero attached hydrogens (tertiary/aromatic N) is 1. The van der Waals surface area contributed by atoms with Gasteiger partial charge in [-0.2, -0.15) is 0 Å². The summed E-state index contributed by atoms with van der Waals surface area (Å²) in [6.45, 7) is 0. The van der Waals surface area contributed by atoms with E-state index in [0.29, 0.717) is 10.5 Å². The second-order valence-corrected chi connectivity index (χ2v) is 7.56. The summed E-state index contributed by atoms with van der Waals surface area (Å²) in [6, 6.07) is 4.04. The Morgan fingerprint density at radius 2 is 1.80 bits per heavy atom. The lowest BCUT2D eigenvalue weighted by atomic mass is 9.53. The van der Waals surface area contributed by atoms with Crippen molar-refractivity contribution in [1.29, 1.82) is 0 Å². The molecule has 0 saturated heterocycles. The summed E-state index contributed by atoms with van der Waals surface area (Å²) in [5, 5.41) is 3.83. The Morgan fingerprint density at radius 3 is 2.35 bits per heavy atom. The molecule has 4 fully saturated rings. The van der Waals surface area contributed by atoms with E-state index in [-0.39, 0.29) is 0 Å². The Bertz CT molecular complexity index is 519. The number of hydrogen-bond acceptors (Lipinski definition) is 3. The van der Waals surface area contributed by atoms with E-state index in [0.717, 1.165) is 29.1 Å². The van der Waals surface area contributed by atoms with E-state index >= 15 is 0 Å². The molecule has 3 N–H and O–H groups in total. The molecule has 4 heteroatoms. The van der Waals surface area contributed by atoms with Gasteiger partial charge < -0.3 is 11.1 Å². The van der Waals surface area contributed by atoms with Gasteiger partial charge >= 0.3 is 0 Å². The zero-order valence-corrected chi connectivity index (χ0v) is 12.5. The third-order valence-corrected chi connectivity index (χ3v) is 5.67. The van der Waals surface area contributed by atoms with Gasteiger partial charge in [0.1, 0.15) is 4.99 Å². The van der Waals surface area contributed by atoms with Crippen LogP contribution in [-0.2, 0) is 0 Å². The van der Waals surface area contributed by atoms with Crippen molar-refractivity contribution in [1.82, 2.24) is 4.98 Å². The van der Waals surface area contributed by atoms with Crippen molar-refractivity contribution < 1.29 is 0 Å². The third kappa shape index (κ3) is 2.10. The molecule has 0 radical (unpaired) electrons. The van der Waals surface area contributed by atoms with E-state index in [1.54, 1.807) is 6.20 Å². The molecule has 20 heavy (non-hydrogen) atoms. The maximum atomic E-state index is 5.68. The highest BCUT2D eigenvalue weighted by molar-refractivity contribution is 7.80. The van der Waals surface area contributed by atoms with Crippen LogP contribution in [-0.4, -0.2) is 15.5 Å². The molecule has 0 spiro atoms. The summed E-state index contributed by atoms with van der Waals surface area (Å²) in [7, 11) is 0. The SMILES string of the molecule is NC(=S)c1cc(NC23CC4CC(CC(C4)C2)C3)ccn1. The van der Waals surface area contributed by atoms with Gasteiger partial charge in [0.2, 0.25) is 0 Å². The van der Waals surface area contributed by atoms with Gasteiger partial charge in [-0.3, -0.25) is 4.98 Å². The predicted molar refractivity (Wildman–Crippen MR) is 84.7 cm³/mol. The summed E-state index contributed by atoms with van der Waals surface area (Å²) in [5.41, 5.74) is 7.85. The molecular weight excluding hydrogens is 266 g/mol. The molecule has 0 unspecified atom stereocenters. The molecule has 3 nitrogen and oxygen atoms in total. The molecule has 0 aliphatic heterocycles. The Balaban J connectivity index is 1.59. The minimum atomic E-state index is 0.323. The molecule has 4 aliphatic rings. The Kier molecular flexibility index (Phi) is 2.78. The number of aromatic nitrogens is 1. The average Bonchev–Trinajstić information content (AvgIpc) is 2.36. The van der Waals surface area contributed by atoms with Crippen molar-refractivity contribution in [3.8, 4) is 0 Å². The van der Waals surface area contributed by atoms with Crippen LogP contribution in [0.4, 0.5) is 5.69 Å². The summed E-state index contributed by atoms with van der Waals surface area (Å²) >= 11 is 5.03. The van der Waals surface area contributed by atoms with Crippen LogP contribution in [0.3, 0.4) is 0 Å². The smallest absolute Gasteiger partial charge is 0.122 e. The Hall–Kier alpha value is -1.16. The van der Waals surface area contributed by atoms with Gasteiger partial charge in [0.15, 0.2) is 0 Å². The fourth-order valence-corrected chi connectivity index (χ4v) is 5.32. The van der Waals surface area contributed by atoms with Gasteiger partial charge in [-0.1, -0.05) is 12.2 Å². The van der Waals surface area contributed by atoms with Crippen LogP contribution in [0, 0.1) is 17.8 Å². The average molecular weight is 287 g/mol. The predicted octanol–water partition coefficient (Wildman–Crippen LogP) is 3.10. The summed E-state index contributed by atoms with van der Waals surface area (Å²) in [4.78, 5) is 4.60. The molecule has 1 heterocycles. The molecule has 1 aromatic rings. The van der Waals surface area contributed by atoms with Gasteiger partial charge in [-0.05, 0) is 68.4 Å². The van der Waals surface area contributed by atoms with Crippen molar-refractivity contribution in [2.75, 3.05) is 5.32 Å². The van der Waals surface area contributed by atoms with Crippen LogP contribution in [0.1, 0.15) is 44.2 Å². The van der Waals surface area contributed by atoms with E-state index in [9.17, 15) is 0 Å². The maximum absolute atomic E-state index is 5.68. The van der Waals surface area contributed by atoms with Crippen LogP contribution >= 0.6 is 12.2 Å². The lowest BCUT2D eigenvalue weighted by molar-refractivity contribution is 0.0107. The largest absolute Gasteiger partial charge is 0.388 e. The van der Waals surface area contributed by atoms with Crippen LogP contribution in [0.5, 0.6) is 0 Å². The summed E-state index contributed by atoms with van der Waals surface area (Å²) < 4.78 is 0. The Labute approximate surface area is 125 Å². The summed E-state index contributed by atoms with van der Waals surface area (Å²) in [5.74, 6) is 2.85. The molecule has 0 aromatic carbocycles. The van der Waals surface area contributed by atoms with E-state index in [4.69, 9.17) is 18.0 Å². The third-order valence-electron chi connectivity index (χ3n) is 5.46. The van der Waals surface area contributed by atoms with E-state index in [1.807, 2.05) is 12.1 Å². The first-order valence-corrected chi connectivity index (χ1v) is 8.07. The maximum Gasteiger partial charge on any atom is 0.122 e. The molecule has 0 amide bonds. The van der Waals surface area contributed by atoms with Gasteiger partial charge in [0.25, 0.3) is 0 Å². The fraction of sp³-hybridized carbons (Fsp3) is 0.625. The van der Waals surface area contributed by atoms with Crippen molar-refractivity contribution in [3.05, 3.63) is 24.0 Å². The van der Waals surface area contributed by atoms with Gasteiger partial charge in [0, 0.05) is 17.4 Å². The highest BCUT2D eigenvalue weighted by Crippen LogP contribution is 2.56. The second-order valence-electron chi connectivity index (χ2n) is 7.12. The Morgan fingerprint density at radius 1 is 1.20 bits per heavy atom. The lowest BCUT2D eigenvalue weighted by Gasteiger charge is -2.57. The van der Waals surface area contributed by atoms with E-state index in [1.165, 1.54) is 38.5 Å². The fourth-order valence-electron chi connectivity index (χ4n) is 5.21. The number of thiocarbonyl (C=S) groups is 1. The molecule has 5 rings (SSSR count).